The van der Waals surface area contributed by atoms with Crippen LogP contribution in [0.1, 0.15) is 29.7 Å². The number of aromatic nitrogens is 2. The molecule has 31 heavy (non-hydrogen) atoms. The van der Waals surface area contributed by atoms with Gasteiger partial charge in [-0.05, 0) is 29.7 Å². The van der Waals surface area contributed by atoms with E-state index in [9.17, 15) is 8.78 Å². The van der Waals surface area contributed by atoms with Gasteiger partial charge in [0, 0.05) is 49.3 Å². The number of aromatic amines is 1. The molecule has 1 saturated heterocycles. The highest BCUT2D eigenvalue weighted by molar-refractivity contribution is 5.83. The third kappa shape index (κ3) is 3.85. The minimum Gasteiger partial charge on any atom is -0.496 e. The molecule has 1 fully saturated rings. The molecule has 3 heterocycles. The van der Waals surface area contributed by atoms with Crippen LogP contribution in [0, 0.1) is 0 Å². The van der Waals surface area contributed by atoms with Crippen molar-refractivity contribution in [2.45, 2.75) is 31.4 Å². The third-order valence-corrected chi connectivity index (χ3v) is 6.24. The number of ether oxygens (including phenoxy) is 1. The summed E-state index contributed by atoms with van der Waals surface area (Å²) >= 11 is 0. The summed E-state index contributed by atoms with van der Waals surface area (Å²) in [5.74, 6) is -2.09. The van der Waals surface area contributed by atoms with Gasteiger partial charge in [-0.3, -0.25) is 10.00 Å². The molecule has 8 heteroatoms. The van der Waals surface area contributed by atoms with Crippen LogP contribution in [0.25, 0.3) is 10.9 Å². The van der Waals surface area contributed by atoms with Crippen molar-refractivity contribution in [2.75, 3.05) is 38.6 Å². The third-order valence-electron chi connectivity index (χ3n) is 6.24. The van der Waals surface area contributed by atoms with Gasteiger partial charge in [0.15, 0.2) is 0 Å². The maximum atomic E-state index is 14.1. The highest BCUT2D eigenvalue weighted by atomic mass is 19.3. The van der Waals surface area contributed by atoms with Crippen molar-refractivity contribution in [3.8, 4) is 5.75 Å². The molecule has 0 amide bonds. The Balaban J connectivity index is 1.59. The number of hydrogen-bond acceptors (Lipinski definition) is 5. The summed E-state index contributed by atoms with van der Waals surface area (Å²) in [6.45, 7) is 3.08. The fourth-order valence-corrected chi connectivity index (χ4v) is 4.75. The van der Waals surface area contributed by atoms with Gasteiger partial charge in [0.2, 0.25) is 0 Å². The van der Waals surface area contributed by atoms with Gasteiger partial charge in [-0.2, -0.15) is 5.10 Å². The van der Waals surface area contributed by atoms with Crippen molar-refractivity contribution in [2.24, 2.45) is 0 Å². The van der Waals surface area contributed by atoms with Crippen molar-refractivity contribution in [3.05, 3.63) is 53.2 Å². The van der Waals surface area contributed by atoms with Gasteiger partial charge in [-0.15, -0.1) is 0 Å². The lowest BCUT2D eigenvalue weighted by Crippen LogP contribution is -2.51. The molecule has 2 aromatic carbocycles. The number of halogens is 2. The summed E-state index contributed by atoms with van der Waals surface area (Å²) in [6.07, 6.45) is 2.53. The normalized spacial score (nSPS) is 19.8. The summed E-state index contributed by atoms with van der Waals surface area (Å²) in [4.78, 5) is 1.87. The van der Waals surface area contributed by atoms with E-state index in [2.05, 4.69) is 20.8 Å². The summed E-state index contributed by atoms with van der Waals surface area (Å²) in [6, 6.07) is 10.1. The monoisotopic (exact) mass is 427 g/mol. The lowest BCUT2D eigenvalue weighted by molar-refractivity contribution is -0.0239. The van der Waals surface area contributed by atoms with E-state index in [1.165, 1.54) is 0 Å². The second kappa shape index (κ2) is 7.76. The molecule has 6 nitrogen and oxygen atoms in total. The number of nitrogens with zero attached hydrogens (tertiary/aromatic N) is 2. The Morgan fingerprint density at radius 3 is 2.74 bits per heavy atom. The fourth-order valence-electron chi connectivity index (χ4n) is 4.75. The van der Waals surface area contributed by atoms with E-state index < -0.39 is 5.92 Å². The highest BCUT2D eigenvalue weighted by Crippen LogP contribution is 2.43. The lowest BCUT2D eigenvalue weighted by atomic mass is 9.85. The lowest BCUT2D eigenvalue weighted by Gasteiger charge is -2.39. The quantitative estimate of drug-likeness (QED) is 0.562. The first-order valence-corrected chi connectivity index (χ1v) is 10.6. The maximum absolute atomic E-state index is 14.1. The predicted molar refractivity (Wildman–Crippen MR) is 117 cm³/mol. The van der Waals surface area contributed by atoms with E-state index in [1.807, 2.05) is 41.4 Å². The van der Waals surface area contributed by atoms with Crippen LogP contribution >= 0.6 is 0 Å². The smallest absolute Gasteiger partial charge is 0.257 e. The first-order chi connectivity index (χ1) is 14.9. The summed E-state index contributed by atoms with van der Waals surface area (Å²) in [7, 11) is 1.63. The molecule has 0 spiro atoms. The minimum atomic E-state index is -2.79. The van der Waals surface area contributed by atoms with Crippen molar-refractivity contribution >= 4 is 16.6 Å². The standard InChI is InChI=1S/C23H27F2N5O/c1-23(24,25)13-30-8-7-16-17(5-6-20-19(16)12-27-29-20)22(30)18-4-3-14(9-21(18)31-2)28-15-10-26-11-15/h3-6,9,12,15,22,26,28H,7-8,10-11,13H2,1-2H3,(H,27,29). The number of nitrogens with one attached hydrogen (secondary N) is 3. The number of hydrogen-bond donors (Lipinski definition) is 3. The van der Waals surface area contributed by atoms with Crippen molar-refractivity contribution in [1.29, 1.82) is 0 Å². The zero-order valence-corrected chi connectivity index (χ0v) is 17.7. The Bertz CT molecular complexity index is 1090. The molecule has 0 saturated carbocycles. The van der Waals surface area contributed by atoms with Crippen molar-refractivity contribution < 1.29 is 13.5 Å². The molecule has 0 aliphatic carbocycles. The molecule has 1 aromatic heterocycles. The average molecular weight is 427 g/mol. The number of benzene rings is 2. The number of methoxy groups -OCH3 is 1. The van der Waals surface area contributed by atoms with Crippen molar-refractivity contribution in [3.63, 3.8) is 0 Å². The molecule has 0 bridgehead atoms. The van der Waals surface area contributed by atoms with Gasteiger partial charge in [-0.1, -0.05) is 12.1 Å². The average Bonchev–Trinajstić information content (AvgIpc) is 3.18. The van der Waals surface area contributed by atoms with E-state index in [0.717, 1.165) is 53.3 Å². The number of fused-ring (bicyclic) bond motifs is 3. The summed E-state index contributed by atoms with van der Waals surface area (Å²) in [5.41, 5.74) is 5.03. The Kier molecular flexibility index (Phi) is 5.06. The van der Waals surface area contributed by atoms with E-state index in [1.54, 1.807) is 7.11 Å². The Morgan fingerprint density at radius 2 is 2.03 bits per heavy atom. The van der Waals surface area contributed by atoms with Crippen LogP contribution in [0.3, 0.4) is 0 Å². The molecule has 3 N–H and O–H groups in total. The van der Waals surface area contributed by atoms with Crippen LogP contribution in [0.2, 0.25) is 0 Å². The van der Waals surface area contributed by atoms with Gasteiger partial charge in [0.25, 0.3) is 5.92 Å². The highest BCUT2D eigenvalue weighted by Gasteiger charge is 2.36. The number of alkyl halides is 2. The van der Waals surface area contributed by atoms with Crippen LogP contribution in [-0.2, 0) is 6.42 Å². The van der Waals surface area contributed by atoms with Gasteiger partial charge in [0.1, 0.15) is 5.75 Å². The maximum Gasteiger partial charge on any atom is 0.257 e. The van der Waals surface area contributed by atoms with Gasteiger partial charge in [-0.25, -0.2) is 8.78 Å². The number of H-pyrrole nitrogens is 1. The van der Waals surface area contributed by atoms with Crippen LogP contribution in [0.4, 0.5) is 14.5 Å². The molecule has 5 rings (SSSR count). The molecule has 2 aliphatic rings. The first kappa shape index (κ1) is 20.2. The zero-order valence-electron chi connectivity index (χ0n) is 17.7. The Labute approximate surface area is 180 Å². The van der Waals surface area contributed by atoms with Crippen LogP contribution < -0.4 is 15.4 Å². The number of anilines is 1. The van der Waals surface area contributed by atoms with E-state index in [-0.39, 0.29) is 12.6 Å². The van der Waals surface area contributed by atoms with Gasteiger partial charge < -0.3 is 15.4 Å². The Hall–Kier alpha value is -2.71. The molecular formula is C23H27F2N5O. The van der Waals surface area contributed by atoms with E-state index in [4.69, 9.17) is 4.74 Å². The molecule has 2 aliphatic heterocycles. The molecule has 0 radical (unpaired) electrons. The number of rotatable bonds is 6. The Morgan fingerprint density at radius 1 is 1.23 bits per heavy atom. The van der Waals surface area contributed by atoms with E-state index in [0.29, 0.717) is 24.8 Å². The second-order valence-electron chi connectivity index (χ2n) is 8.61. The SMILES string of the molecule is COc1cc(NC2CNC2)ccc1C1c2ccc3[nH]ncc3c2CCN1CC(C)(F)F. The van der Waals surface area contributed by atoms with E-state index >= 15 is 0 Å². The zero-order chi connectivity index (χ0) is 21.6. The van der Waals surface area contributed by atoms with Crippen LogP contribution in [0.15, 0.2) is 36.5 Å². The summed E-state index contributed by atoms with van der Waals surface area (Å²) in [5, 5.41) is 15.0. The van der Waals surface area contributed by atoms with Gasteiger partial charge >= 0.3 is 0 Å². The first-order valence-electron chi connectivity index (χ1n) is 10.6. The van der Waals surface area contributed by atoms with Crippen LogP contribution in [-0.4, -0.2) is 60.4 Å². The largest absolute Gasteiger partial charge is 0.496 e. The molecule has 1 unspecified atom stereocenters. The molecule has 1 atom stereocenters. The van der Waals surface area contributed by atoms with Gasteiger partial charge in [0.05, 0.1) is 37.5 Å². The fraction of sp³-hybridized carbons (Fsp3) is 0.435. The summed E-state index contributed by atoms with van der Waals surface area (Å²) < 4.78 is 34.0. The molecule has 3 aromatic rings. The molecular weight excluding hydrogens is 400 g/mol. The second-order valence-corrected chi connectivity index (χ2v) is 8.61. The predicted octanol–water partition coefficient (Wildman–Crippen LogP) is 3.56. The van der Waals surface area contributed by atoms with Crippen LogP contribution in [0.5, 0.6) is 5.75 Å². The topological polar surface area (TPSA) is 65.2 Å². The van der Waals surface area contributed by atoms with Crippen molar-refractivity contribution in [1.82, 2.24) is 20.4 Å². The molecule has 164 valence electrons. The minimum absolute atomic E-state index is 0.308.